The number of benzene rings is 1. The predicted octanol–water partition coefficient (Wildman–Crippen LogP) is 3.04. The van der Waals surface area contributed by atoms with Gasteiger partial charge in [0.15, 0.2) is 0 Å². The Hall–Kier alpha value is -2.14. The summed E-state index contributed by atoms with van der Waals surface area (Å²) in [6.45, 7) is 9.15. The van der Waals surface area contributed by atoms with Gasteiger partial charge in [0.2, 0.25) is 5.91 Å². The van der Waals surface area contributed by atoms with Gasteiger partial charge in [-0.25, -0.2) is 0 Å². The summed E-state index contributed by atoms with van der Waals surface area (Å²) in [5, 5.41) is 7.76. The van der Waals surface area contributed by atoms with Gasteiger partial charge in [0.25, 0.3) is 0 Å². The molecule has 3 rings (SSSR count). The second-order valence-corrected chi connectivity index (χ2v) is 7.38. The molecule has 1 N–H and O–H groups in total. The van der Waals surface area contributed by atoms with Crippen molar-refractivity contribution in [2.75, 3.05) is 13.1 Å². The highest BCUT2D eigenvalue weighted by Gasteiger charge is 2.21. The van der Waals surface area contributed by atoms with Gasteiger partial charge in [-0.15, -0.1) is 0 Å². The van der Waals surface area contributed by atoms with Crippen molar-refractivity contribution in [3.63, 3.8) is 0 Å². The first-order chi connectivity index (χ1) is 12.5. The Labute approximate surface area is 156 Å². The molecule has 1 aliphatic heterocycles. The van der Waals surface area contributed by atoms with Gasteiger partial charge < -0.3 is 5.32 Å². The van der Waals surface area contributed by atoms with Crippen LogP contribution < -0.4 is 5.32 Å². The lowest BCUT2D eigenvalue weighted by Crippen LogP contribution is -2.44. The maximum Gasteiger partial charge on any atom is 0.234 e. The number of carbonyl (C=O) groups is 1. The van der Waals surface area contributed by atoms with E-state index in [9.17, 15) is 4.79 Å². The number of likely N-dealkylation sites (tertiary alicyclic amines) is 1. The number of nitrogens with one attached hydrogen (secondary N) is 1. The number of hydrogen-bond donors (Lipinski definition) is 1. The van der Waals surface area contributed by atoms with Crippen LogP contribution in [0.4, 0.5) is 0 Å². The Kier molecular flexibility index (Phi) is 6.09. The lowest BCUT2D eigenvalue weighted by molar-refractivity contribution is -0.123. The van der Waals surface area contributed by atoms with E-state index in [0.29, 0.717) is 19.1 Å². The molecule has 0 aliphatic carbocycles. The summed E-state index contributed by atoms with van der Waals surface area (Å²) in [5.74, 6) is 0.105. The molecule has 1 saturated heterocycles. The third-order valence-corrected chi connectivity index (χ3v) is 5.46. The minimum absolute atomic E-state index is 0.105. The Bertz CT molecular complexity index is 738. The van der Waals surface area contributed by atoms with Crippen LogP contribution in [-0.2, 0) is 17.9 Å². The van der Waals surface area contributed by atoms with E-state index >= 15 is 0 Å². The van der Waals surface area contributed by atoms with E-state index in [-0.39, 0.29) is 5.91 Å². The predicted molar refractivity (Wildman–Crippen MR) is 104 cm³/mol. The van der Waals surface area contributed by atoms with Gasteiger partial charge in [0.1, 0.15) is 0 Å². The molecule has 2 heterocycles. The summed E-state index contributed by atoms with van der Waals surface area (Å²) in [5.41, 5.74) is 4.47. The average Bonchev–Trinajstić information content (AvgIpc) is 2.89. The minimum Gasteiger partial charge on any atom is -0.351 e. The molecule has 1 fully saturated rings. The van der Waals surface area contributed by atoms with Gasteiger partial charge in [-0.05, 0) is 45.7 Å². The maximum atomic E-state index is 12.4. The van der Waals surface area contributed by atoms with Gasteiger partial charge in [-0.1, -0.05) is 36.8 Å². The molecule has 2 aromatic rings. The van der Waals surface area contributed by atoms with Gasteiger partial charge in [0, 0.05) is 23.8 Å². The van der Waals surface area contributed by atoms with E-state index in [1.807, 2.05) is 29.8 Å². The number of hydrogen-bond acceptors (Lipinski definition) is 3. The zero-order valence-electron chi connectivity index (χ0n) is 16.2. The molecule has 1 amide bonds. The lowest BCUT2D eigenvalue weighted by atomic mass is 10.0. The van der Waals surface area contributed by atoms with Crippen LogP contribution in [0, 0.1) is 13.8 Å². The van der Waals surface area contributed by atoms with Crippen molar-refractivity contribution in [3.8, 4) is 0 Å². The Balaban J connectivity index is 1.58. The second-order valence-electron chi connectivity index (χ2n) is 7.38. The fourth-order valence-electron chi connectivity index (χ4n) is 3.72. The Morgan fingerprint density at radius 3 is 2.73 bits per heavy atom. The molecule has 26 heavy (non-hydrogen) atoms. The molecule has 0 radical (unpaired) electrons. The first-order valence-corrected chi connectivity index (χ1v) is 9.62. The van der Waals surface area contributed by atoms with Gasteiger partial charge >= 0.3 is 0 Å². The summed E-state index contributed by atoms with van der Waals surface area (Å²) in [4.78, 5) is 14.7. The van der Waals surface area contributed by atoms with E-state index in [2.05, 4.69) is 41.3 Å². The zero-order chi connectivity index (χ0) is 18.5. The summed E-state index contributed by atoms with van der Waals surface area (Å²) in [6.07, 6.45) is 3.66. The van der Waals surface area contributed by atoms with Crippen LogP contribution in [0.2, 0.25) is 0 Å². The highest BCUT2D eigenvalue weighted by atomic mass is 16.2. The van der Waals surface area contributed by atoms with Crippen molar-refractivity contribution >= 4 is 5.91 Å². The second kappa shape index (κ2) is 8.49. The first-order valence-electron chi connectivity index (χ1n) is 9.62. The maximum absolute atomic E-state index is 12.4. The summed E-state index contributed by atoms with van der Waals surface area (Å²) in [7, 11) is 0. The van der Waals surface area contributed by atoms with E-state index in [4.69, 9.17) is 0 Å². The molecule has 1 atom stereocenters. The average molecular weight is 354 g/mol. The van der Waals surface area contributed by atoms with Crippen molar-refractivity contribution in [1.82, 2.24) is 20.0 Å². The van der Waals surface area contributed by atoms with Gasteiger partial charge in [0.05, 0.1) is 18.8 Å². The number of nitrogens with zero attached hydrogens (tertiary/aromatic N) is 3. The van der Waals surface area contributed by atoms with Crippen molar-refractivity contribution in [2.45, 2.75) is 59.2 Å². The number of carbonyl (C=O) groups excluding carboxylic acids is 1. The van der Waals surface area contributed by atoms with Crippen LogP contribution >= 0.6 is 0 Å². The van der Waals surface area contributed by atoms with E-state index in [1.165, 1.54) is 24.8 Å². The number of aryl methyl sites for hydroxylation is 1. The summed E-state index contributed by atoms with van der Waals surface area (Å²) < 4.78 is 2.03. The molecule has 5 nitrogen and oxygen atoms in total. The smallest absolute Gasteiger partial charge is 0.234 e. The SMILES string of the molecule is Cc1nn(Cc2ccccc2)c(C)c1CNC(=O)CN1CCCCC1C. The van der Waals surface area contributed by atoms with E-state index in [1.54, 1.807) is 0 Å². The fourth-order valence-corrected chi connectivity index (χ4v) is 3.72. The summed E-state index contributed by atoms with van der Waals surface area (Å²) in [6, 6.07) is 10.8. The van der Waals surface area contributed by atoms with E-state index in [0.717, 1.165) is 30.0 Å². The number of piperidine rings is 1. The number of rotatable bonds is 6. The molecule has 0 spiro atoms. The monoisotopic (exact) mass is 354 g/mol. The topological polar surface area (TPSA) is 50.2 Å². The third-order valence-electron chi connectivity index (χ3n) is 5.46. The zero-order valence-corrected chi connectivity index (χ0v) is 16.2. The number of amides is 1. The largest absolute Gasteiger partial charge is 0.351 e. The summed E-state index contributed by atoms with van der Waals surface area (Å²) >= 11 is 0. The van der Waals surface area contributed by atoms with Crippen LogP contribution in [0.1, 0.15) is 48.7 Å². The molecule has 1 unspecified atom stereocenters. The quantitative estimate of drug-likeness (QED) is 0.867. The molecular formula is C21H30N4O. The standard InChI is InChI=1S/C21H30N4O/c1-16-9-7-8-12-24(16)15-21(26)22-13-20-17(2)23-25(18(20)3)14-19-10-5-4-6-11-19/h4-6,10-11,16H,7-9,12-15H2,1-3H3,(H,22,26). The van der Waals surface area contributed by atoms with Crippen LogP contribution in [0.3, 0.4) is 0 Å². The van der Waals surface area contributed by atoms with Gasteiger partial charge in [-0.3, -0.25) is 14.4 Å². The van der Waals surface area contributed by atoms with E-state index < -0.39 is 0 Å². The fraction of sp³-hybridized carbons (Fsp3) is 0.524. The number of aromatic nitrogens is 2. The van der Waals surface area contributed by atoms with Crippen LogP contribution in [0.5, 0.6) is 0 Å². The molecule has 1 aromatic carbocycles. The Morgan fingerprint density at radius 1 is 1.23 bits per heavy atom. The molecule has 0 bridgehead atoms. The van der Waals surface area contributed by atoms with Crippen molar-refractivity contribution < 1.29 is 4.79 Å². The first kappa shape index (κ1) is 18.6. The highest BCUT2D eigenvalue weighted by molar-refractivity contribution is 5.78. The van der Waals surface area contributed by atoms with Crippen molar-refractivity contribution in [1.29, 1.82) is 0 Å². The molecule has 1 aliphatic rings. The Morgan fingerprint density at radius 2 is 2.00 bits per heavy atom. The minimum atomic E-state index is 0.105. The van der Waals surface area contributed by atoms with Crippen LogP contribution in [0.15, 0.2) is 30.3 Å². The molecule has 140 valence electrons. The van der Waals surface area contributed by atoms with Crippen molar-refractivity contribution in [3.05, 3.63) is 52.8 Å². The lowest BCUT2D eigenvalue weighted by Gasteiger charge is -2.32. The molecule has 1 aromatic heterocycles. The highest BCUT2D eigenvalue weighted by Crippen LogP contribution is 2.17. The third kappa shape index (κ3) is 4.52. The normalized spacial score (nSPS) is 18.0. The molecule has 0 saturated carbocycles. The van der Waals surface area contributed by atoms with Crippen LogP contribution in [0.25, 0.3) is 0 Å². The molecule has 5 heteroatoms. The van der Waals surface area contributed by atoms with Crippen molar-refractivity contribution in [2.24, 2.45) is 0 Å². The van der Waals surface area contributed by atoms with Gasteiger partial charge in [-0.2, -0.15) is 5.10 Å². The molecular weight excluding hydrogens is 324 g/mol. The van der Waals surface area contributed by atoms with Crippen LogP contribution in [-0.4, -0.2) is 39.7 Å².